The van der Waals surface area contributed by atoms with Gasteiger partial charge in [-0.2, -0.15) is 13.2 Å². The van der Waals surface area contributed by atoms with Crippen LogP contribution in [0.4, 0.5) is 18.9 Å². The molecule has 2 aromatic carbocycles. The monoisotopic (exact) mass is 407 g/mol. The summed E-state index contributed by atoms with van der Waals surface area (Å²) in [5.41, 5.74) is 0.282. The minimum atomic E-state index is -4.55. The van der Waals surface area contributed by atoms with Gasteiger partial charge in [0.05, 0.1) is 16.8 Å². The number of esters is 1. The summed E-state index contributed by atoms with van der Waals surface area (Å²) in [4.78, 5) is 26.4. The van der Waals surface area contributed by atoms with E-state index in [1.165, 1.54) is 12.1 Å². The van der Waals surface area contributed by atoms with Crippen molar-refractivity contribution in [2.45, 2.75) is 18.5 Å². The zero-order valence-electron chi connectivity index (χ0n) is 14.3. The molecular formula is C20H13ClF3NO3. The van der Waals surface area contributed by atoms with Crippen molar-refractivity contribution in [1.29, 1.82) is 0 Å². The van der Waals surface area contributed by atoms with Crippen molar-refractivity contribution in [1.82, 2.24) is 0 Å². The Morgan fingerprint density at radius 2 is 1.82 bits per heavy atom. The van der Waals surface area contributed by atoms with Crippen LogP contribution in [0.15, 0.2) is 59.8 Å². The lowest BCUT2D eigenvalue weighted by molar-refractivity contribution is -0.138. The molecule has 1 atom stereocenters. The first-order valence-corrected chi connectivity index (χ1v) is 8.80. The number of alkyl halides is 3. The van der Waals surface area contributed by atoms with Crippen molar-refractivity contribution in [3.8, 4) is 0 Å². The van der Waals surface area contributed by atoms with E-state index in [2.05, 4.69) is 0 Å². The maximum atomic E-state index is 13.1. The average molecular weight is 408 g/mol. The molecule has 4 nitrogen and oxygen atoms in total. The van der Waals surface area contributed by atoms with Crippen LogP contribution in [0.25, 0.3) is 0 Å². The summed E-state index contributed by atoms with van der Waals surface area (Å²) in [6, 6.07) is 11.3. The Balaban J connectivity index is 1.84. The molecule has 1 amide bonds. The number of nitrogens with zero attached hydrogens (tertiary/aromatic N) is 1. The zero-order valence-corrected chi connectivity index (χ0v) is 15.1. The molecule has 2 heterocycles. The van der Waals surface area contributed by atoms with Crippen LogP contribution in [-0.4, -0.2) is 18.5 Å². The molecule has 0 bridgehead atoms. The number of hydrogen-bond acceptors (Lipinski definition) is 3. The van der Waals surface area contributed by atoms with Gasteiger partial charge < -0.3 is 4.74 Å². The fourth-order valence-corrected chi connectivity index (χ4v) is 3.87. The molecule has 0 aromatic heterocycles. The fraction of sp³-hybridized carbons (Fsp3) is 0.200. The largest absolute Gasteiger partial charge is 0.456 e. The van der Waals surface area contributed by atoms with Crippen molar-refractivity contribution in [2.75, 3.05) is 11.5 Å². The lowest BCUT2D eigenvalue weighted by Crippen LogP contribution is -2.37. The Bertz CT molecular complexity index is 1020. The smallest absolute Gasteiger partial charge is 0.416 e. The topological polar surface area (TPSA) is 46.6 Å². The number of ether oxygens (including phenoxy) is 1. The normalized spacial score (nSPS) is 19.7. The maximum absolute atomic E-state index is 13.1. The van der Waals surface area contributed by atoms with Gasteiger partial charge in [-0.3, -0.25) is 9.69 Å². The summed E-state index contributed by atoms with van der Waals surface area (Å²) in [6.07, 6.45) is -4.65. The van der Waals surface area contributed by atoms with E-state index in [0.717, 1.165) is 17.0 Å². The molecular weight excluding hydrogens is 395 g/mol. The van der Waals surface area contributed by atoms with Crippen molar-refractivity contribution in [3.05, 3.63) is 76.0 Å². The summed E-state index contributed by atoms with van der Waals surface area (Å²) in [6.45, 7) is -0.183. The molecule has 0 saturated carbocycles. The maximum Gasteiger partial charge on any atom is 0.416 e. The molecule has 0 radical (unpaired) electrons. The highest BCUT2D eigenvalue weighted by molar-refractivity contribution is 6.31. The molecule has 2 aliphatic rings. The summed E-state index contributed by atoms with van der Waals surface area (Å²) in [5, 5.41) is 0.402. The van der Waals surface area contributed by atoms with Crippen LogP contribution in [0.2, 0.25) is 5.02 Å². The van der Waals surface area contributed by atoms with Crippen molar-refractivity contribution in [2.24, 2.45) is 0 Å². The second-order valence-corrected chi connectivity index (χ2v) is 6.90. The fourth-order valence-electron chi connectivity index (χ4n) is 3.60. The van der Waals surface area contributed by atoms with Crippen LogP contribution < -0.4 is 4.90 Å². The Hall–Kier alpha value is -2.80. The molecule has 4 rings (SSSR count). The number of amides is 1. The first kappa shape index (κ1) is 18.6. The van der Waals surface area contributed by atoms with Crippen molar-refractivity contribution >= 4 is 29.2 Å². The lowest BCUT2D eigenvalue weighted by atomic mass is 9.84. The summed E-state index contributed by atoms with van der Waals surface area (Å²) >= 11 is 6.24. The number of rotatable bonds is 2. The Morgan fingerprint density at radius 3 is 2.54 bits per heavy atom. The number of halogens is 4. The predicted molar refractivity (Wildman–Crippen MR) is 95.7 cm³/mol. The third-order valence-corrected chi connectivity index (χ3v) is 5.17. The predicted octanol–water partition coefficient (Wildman–Crippen LogP) is 4.69. The summed E-state index contributed by atoms with van der Waals surface area (Å²) in [5.74, 6) is -1.63. The summed E-state index contributed by atoms with van der Waals surface area (Å²) in [7, 11) is 0. The van der Waals surface area contributed by atoms with E-state index >= 15 is 0 Å². The second kappa shape index (κ2) is 6.67. The molecule has 8 heteroatoms. The quantitative estimate of drug-likeness (QED) is 0.678. The molecule has 28 heavy (non-hydrogen) atoms. The first-order valence-electron chi connectivity index (χ1n) is 8.42. The van der Waals surface area contributed by atoms with Crippen LogP contribution in [-0.2, 0) is 20.5 Å². The van der Waals surface area contributed by atoms with Crippen molar-refractivity contribution in [3.63, 3.8) is 0 Å². The molecule has 0 spiro atoms. The molecule has 0 aliphatic carbocycles. The van der Waals surface area contributed by atoms with Gasteiger partial charge in [-0.1, -0.05) is 35.9 Å². The van der Waals surface area contributed by atoms with Crippen LogP contribution in [0, 0.1) is 0 Å². The molecule has 0 fully saturated rings. The molecule has 1 unspecified atom stereocenters. The van der Waals surface area contributed by atoms with Gasteiger partial charge in [-0.25, -0.2) is 4.79 Å². The minimum Gasteiger partial charge on any atom is -0.456 e. The van der Waals surface area contributed by atoms with E-state index in [1.54, 1.807) is 24.3 Å². The SMILES string of the molecule is O=C1OCC2=C1C(c1ccccc1Cl)CC(=O)N2c1cccc(C(F)(F)F)c1. The third-order valence-electron chi connectivity index (χ3n) is 4.83. The van der Waals surface area contributed by atoms with Gasteiger partial charge in [0.15, 0.2) is 0 Å². The minimum absolute atomic E-state index is 0.0447. The van der Waals surface area contributed by atoms with Crippen LogP contribution in [0.1, 0.15) is 23.5 Å². The van der Waals surface area contributed by atoms with E-state index in [0.29, 0.717) is 10.6 Å². The molecule has 0 N–H and O–H groups in total. The Labute approximate surface area is 163 Å². The number of cyclic esters (lactones) is 1. The summed E-state index contributed by atoms with van der Waals surface area (Å²) < 4.78 is 44.4. The number of hydrogen-bond donors (Lipinski definition) is 0. The van der Waals surface area contributed by atoms with E-state index in [-0.39, 0.29) is 30.0 Å². The van der Waals surface area contributed by atoms with Gasteiger partial charge in [0.2, 0.25) is 5.91 Å². The van der Waals surface area contributed by atoms with Gasteiger partial charge in [0.25, 0.3) is 0 Å². The standard InChI is InChI=1S/C20H13ClF3NO3/c21-15-7-2-1-6-13(15)14-9-17(26)25(16-10-28-19(27)18(14)16)12-5-3-4-11(8-12)20(22,23)24/h1-8,14H,9-10H2. The molecule has 2 aromatic rings. The van der Waals surface area contributed by atoms with Gasteiger partial charge in [0.1, 0.15) is 6.61 Å². The first-order chi connectivity index (χ1) is 13.3. The zero-order chi connectivity index (χ0) is 20.1. The Morgan fingerprint density at radius 1 is 1.07 bits per heavy atom. The van der Waals surface area contributed by atoms with E-state index < -0.39 is 29.5 Å². The highest BCUT2D eigenvalue weighted by atomic mass is 35.5. The van der Waals surface area contributed by atoms with E-state index in [1.807, 2.05) is 0 Å². The molecule has 144 valence electrons. The highest BCUT2D eigenvalue weighted by Gasteiger charge is 2.44. The Kier molecular flexibility index (Phi) is 4.42. The van der Waals surface area contributed by atoms with Gasteiger partial charge in [-0.05, 0) is 29.8 Å². The van der Waals surface area contributed by atoms with E-state index in [9.17, 15) is 22.8 Å². The third kappa shape index (κ3) is 3.05. The average Bonchev–Trinajstić information content (AvgIpc) is 3.02. The number of carbonyl (C=O) groups is 2. The van der Waals surface area contributed by atoms with Crippen LogP contribution in [0.3, 0.4) is 0 Å². The van der Waals surface area contributed by atoms with Crippen LogP contribution >= 0.6 is 11.6 Å². The number of carbonyl (C=O) groups excluding carboxylic acids is 2. The highest BCUT2D eigenvalue weighted by Crippen LogP contribution is 2.44. The van der Waals surface area contributed by atoms with Crippen molar-refractivity contribution < 1.29 is 27.5 Å². The van der Waals surface area contributed by atoms with Gasteiger partial charge in [-0.15, -0.1) is 0 Å². The van der Waals surface area contributed by atoms with E-state index in [4.69, 9.17) is 16.3 Å². The van der Waals surface area contributed by atoms with Gasteiger partial charge in [0, 0.05) is 23.0 Å². The molecule has 0 saturated heterocycles. The second-order valence-electron chi connectivity index (χ2n) is 6.49. The van der Waals surface area contributed by atoms with Crippen LogP contribution in [0.5, 0.6) is 0 Å². The molecule has 2 aliphatic heterocycles. The van der Waals surface area contributed by atoms with Gasteiger partial charge >= 0.3 is 12.1 Å². The lowest BCUT2D eigenvalue weighted by Gasteiger charge is -2.32. The number of anilines is 1. The number of benzene rings is 2.